The quantitative estimate of drug-likeness (QED) is 0.889. The maximum absolute atomic E-state index is 11.8. The summed E-state index contributed by atoms with van der Waals surface area (Å²) in [5.74, 6) is 0. The molecule has 0 saturated heterocycles. The molecule has 2 amide bonds. The van der Waals surface area contributed by atoms with Gasteiger partial charge in [-0.3, -0.25) is 0 Å². The Balaban J connectivity index is 1.74. The zero-order valence-corrected chi connectivity index (χ0v) is 12.4. The molecule has 0 aliphatic rings. The molecule has 1 atom stereocenters. The second kappa shape index (κ2) is 7.00. The van der Waals surface area contributed by atoms with Crippen LogP contribution in [-0.4, -0.2) is 22.2 Å². The maximum atomic E-state index is 11.8. The van der Waals surface area contributed by atoms with Crippen LogP contribution in [0.2, 0.25) is 0 Å². The minimum absolute atomic E-state index is 0.132. The van der Waals surface area contributed by atoms with E-state index in [1.807, 2.05) is 24.4 Å². The van der Waals surface area contributed by atoms with Crippen LogP contribution in [0, 0.1) is 6.92 Å². The highest BCUT2D eigenvalue weighted by molar-refractivity contribution is 7.03. The first-order valence-corrected chi connectivity index (χ1v) is 7.36. The number of carbonyl (C=O) groups is 1. The Kier molecular flexibility index (Phi) is 5.06. The molecule has 0 saturated carbocycles. The second-order valence-electron chi connectivity index (χ2n) is 4.63. The van der Waals surface area contributed by atoms with Crippen molar-refractivity contribution in [3.63, 3.8) is 0 Å². The van der Waals surface area contributed by atoms with E-state index in [-0.39, 0.29) is 12.1 Å². The van der Waals surface area contributed by atoms with Crippen LogP contribution in [0.15, 0.2) is 29.6 Å². The van der Waals surface area contributed by atoms with E-state index < -0.39 is 0 Å². The standard InChI is InChI=1S/C14H18N4OS/c1-10-5-3-4-6-12(10)7-8-15-14(19)16-11(2)13-9-20-18-17-13/h3-6,9,11H,7-8H2,1-2H3,(H2,15,16,19). The van der Waals surface area contributed by atoms with Crippen LogP contribution < -0.4 is 10.6 Å². The van der Waals surface area contributed by atoms with Crippen molar-refractivity contribution in [1.29, 1.82) is 0 Å². The van der Waals surface area contributed by atoms with Gasteiger partial charge in [0.05, 0.1) is 11.7 Å². The van der Waals surface area contributed by atoms with Crippen LogP contribution in [0.1, 0.15) is 29.8 Å². The van der Waals surface area contributed by atoms with Gasteiger partial charge in [-0.2, -0.15) is 0 Å². The summed E-state index contributed by atoms with van der Waals surface area (Å²) in [6, 6.07) is 7.87. The molecule has 20 heavy (non-hydrogen) atoms. The Hall–Kier alpha value is -1.95. The van der Waals surface area contributed by atoms with E-state index in [1.165, 1.54) is 22.7 Å². The normalized spacial score (nSPS) is 11.9. The summed E-state index contributed by atoms with van der Waals surface area (Å²) in [6.07, 6.45) is 0.826. The van der Waals surface area contributed by atoms with E-state index in [0.717, 1.165) is 12.1 Å². The van der Waals surface area contributed by atoms with Crippen LogP contribution in [0.4, 0.5) is 4.79 Å². The number of amides is 2. The van der Waals surface area contributed by atoms with Gasteiger partial charge in [-0.15, -0.1) is 5.10 Å². The van der Waals surface area contributed by atoms with Crippen molar-refractivity contribution in [2.45, 2.75) is 26.3 Å². The fraction of sp³-hybridized carbons (Fsp3) is 0.357. The molecule has 0 aliphatic heterocycles. The number of hydrogen-bond donors (Lipinski definition) is 2. The van der Waals surface area contributed by atoms with Crippen molar-refractivity contribution >= 4 is 17.6 Å². The lowest BCUT2D eigenvalue weighted by atomic mass is 10.1. The summed E-state index contributed by atoms with van der Waals surface area (Å²) in [5.41, 5.74) is 3.28. The molecule has 2 N–H and O–H groups in total. The van der Waals surface area contributed by atoms with E-state index in [0.29, 0.717) is 6.54 Å². The van der Waals surface area contributed by atoms with Gasteiger partial charge in [-0.1, -0.05) is 28.8 Å². The first-order chi connectivity index (χ1) is 9.66. The molecule has 1 aromatic heterocycles. The molecular weight excluding hydrogens is 272 g/mol. The third-order valence-corrected chi connectivity index (χ3v) is 3.63. The number of nitrogens with one attached hydrogen (secondary N) is 2. The Bertz CT molecular complexity index is 556. The third kappa shape index (κ3) is 4.03. The van der Waals surface area contributed by atoms with E-state index in [1.54, 1.807) is 0 Å². The lowest BCUT2D eigenvalue weighted by Crippen LogP contribution is -2.38. The number of aromatic nitrogens is 2. The summed E-state index contributed by atoms with van der Waals surface area (Å²) in [5, 5.41) is 11.5. The number of nitrogens with zero attached hydrogens (tertiary/aromatic N) is 2. The Labute approximate surface area is 122 Å². The summed E-state index contributed by atoms with van der Waals surface area (Å²) in [7, 11) is 0. The number of urea groups is 1. The molecule has 2 rings (SSSR count). The predicted octanol–water partition coefficient (Wildman–Crippen LogP) is 2.45. The number of rotatable bonds is 5. The van der Waals surface area contributed by atoms with Gasteiger partial charge in [0, 0.05) is 11.9 Å². The second-order valence-corrected chi connectivity index (χ2v) is 5.24. The molecule has 5 nitrogen and oxygen atoms in total. The molecule has 0 radical (unpaired) electrons. The fourth-order valence-corrected chi connectivity index (χ4v) is 2.43. The first-order valence-electron chi connectivity index (χ1n) is 6.52. The average Bonchev–Trinajstić information content (AvgIpc) is 2.95. The van der Waals surface area contributed by atoms with Gasteiger partial charge in [-0.25, -0.2) is 4.79 Å². The molecule has 1 unspecified atom stereocenters. The van der Waals surface area contributed by atoms with Gasteiger partial charge in [0.1, 0.15) is 0 Å². The lowest BCUT2D eigenvalue weighted by Gasteiger charge is -2.12. The zero-order chi connectivity index (χ0) is 14.4. The third-order valence-electron chi connectivity index (χ3n) is 3.11. The minimum atomic E-state index is -0.181. The van der Waals surface area contributed by atoms with Gasteiger partial charge in [0.25, 0.3) is 0 Å². The highest BCUT2D eigenvalue weighted by Gasteiger charge is 2.11. The van der Waals surface area contributed by atoms with Crippen LogP contribution in [0.3, 0.4) is 0 Å². The number of carbonyl (C=O) groups excluding carboxylic acids is 1. The zero-order valence-electron chi connectivity index (χ0n) is 11.6. The fourth-order valence-electron chi connectivity index (χ4n) is 1.88. The first kappa shape index (κ1) is 14.5. The summed E-state index contributed by atoms with van der Waals surface area (Å²) < 4.78 is 3.78. The minimum Gasteiger partial charge on any atom is -0.338 e. The molecule has 0 fully saturated rings. The molecule has 6 heteroatoms. The molecule has 106 valence electrons. The molecular formula is C14H18N4OS. The predicted molar refractivity (Wildman–Crippen MR) is 79.7 cm³/mol. The summed E-state index contributed by atoms with van der Waals surface area (Å²) in [4.78, 5) is 11.8. The highest BCUT2D eigenvalue weighted by atomic mass is 32.1. The van der Waals surface area contributed by atoms with Crippen LogP contribution >= 0.6 is 11.5 Å². The Morgan fingerprint density at radius 3 is 2.90 bits per heavy atom. The van der Waals surface area contributed by atoms with Crippen LogP contribution in [0.5, 0.6) is 0 Å². The molecule has 2 aromatic rings. The van der Waals surface area contributed by atoms with Gasteiger partial charge in [0.2, 0.25) is 0 Å². The molecule has 1 heterocycles. The van der Waals surface area contributed by atoms with Crippen LogP contribution in [0.25, 0.3) is 0 Å². The SMILES string of the molecule is Cc1ccccc1CCNC(=O)NC(C)c1csnn1. The van der Waals surface area contributed by atoms with Crippen molar-refractivity contribution in [2.24, 2.45) is 0 Å². The van der Waals surface area contributed by atoms with Crippen molar-refractivity contribution < 1.29 is 4.79 Å². The summed E-state index contributed by atoms with van der Waals surface area (Å²) in [6.45, 7) is 4.57. The number of benzene rings is 1. The van der Waals surface area contributed by atoms with Gasteiger partial charge in [-0.05, 0) is 42.9 Å². The van der Waals surface area contributed by atoms with Gasteiger partial charge in [0.15, 0.2) is 0 Å². The average molecular weight is 290 g/mol. The molecule has 0 bridgehead atoms. The van der Waals surface area contributed by atoms with E-state index in [4.69, 9.17) is 0 Å². The van der Waals surface area contributed by atoms with Crippen molar-refractivity contribution in [3.05, 3.63) is 46.5 Å². The largest absolute Gasteiger partial charge is 0.338 e. The molecule has 0 spiro atoms. The van der Waals surface area contributed by atoms with Crippen molar-refractivity contribution in [1.82, 2.24) is 20.2 Å². The maximum Gasteiger partial charge on any atom is 0.315 e. The van der Waals surface area contributed by atoms with Crippen LogP contribution in [-0.2, 0) is 6.42 Å². The molecule has 1 aromatic carbocycles. The smallest absolute Gasteiger partial charge is 0.315 e. The van der Waals surface area contributed by atoms with Crippen molar-refractivity contribution in [2.75, 3.05) is 6.54 Å². The van der Waals surface area contributed by atoms with Crippen molar-refractivity contribution in [3.8, 4) is 0 Å². The Morgan fingerprint density at radius 1 is 1.40 bits per heavy atom. The van der Waals surface area contributed by atoms with E-state index in [2.05, 4.69) is 39.3 Å². The lowest BCUT2D eigenvalue weighted by molar-refractivity contribution is 0.238. The summed E-state index contributed by atoms with van der Waals surface area (Å²) >= 11 is 1.28. The topological polar surface area (TPSA) is 66.9 Å². The molecule has 0 aliphatic carbocycles. The number of aryl methyl sites for hydroxylation is 1. The van der Waals surface area contributed by atoms with Gasteiger partial charge >= 0.3 is 6.03 Å². The van der Waals surface area contributed by atoms with E-state index >= 15 is 0 Å². The number of hydrogen-bond acceptors (Lipinski definition) is 4. The monoisotopic (exact) mass is 290 g/mol. The van der Waals surface area contributed by atoms with Gasteiger partial charge < -0.3 is 10.6 Å². The highest BCUT2D eigenvalue weighted by Crippen LogP contribution is 2.09. The van der Waals surface area contributed by atoms with E-state index in [9.17, 15) is 4.79 Å². The Morgan fingerprint density at radius 2 is 2.20 bits per heavy atom.